The molecule has 0 aliphatic rings. The van der Waals surface area contributed by atoms with E-state index in [2.05, 4.69) is 5.32 Å². The fourth-order valence-corrected chi connectivity index (χ4v) is 0.740. The molecule has 0 fully saturated rings. The lowest BCUT2D eigenvalue weighted by atomic mass is 10.3. The van der Waals surface area contributed by atoms with Gasteiger partial charge < -0.3 is 15.8 Å². The molecular formula is C8H18N2O2. The summed E-state index contributed by atoms with van der Waals surface area (Å²) in [6.07, 6.45) is 1.28. The fourth-order valence-electron chi connectivity index (χ4n) is 0.740. The molecule has 0 saturated heterocycles. The predicted molar refractivity (Wildman–Crippen MR) is 47.8 cm³/mol. The van der Waals surface area contributed by atoms with Crippen LogP contribution in [0, 0.1) is 0 Å². The number of nitrogens with two attached hydrogens (primary N) is 1. The molecule has 3 N–H and O–H groups in total. The summed E-state index contributed by atoms with van der Waals surface area (Å²) in [5.41, 5.74) is 5.46. The second kappa shape index (κ2) is 7.06. The minimum atomic E-state index is 0.0244. The fraction of sp³-hybridized carbons (Fsp3) is 0.875. The number of nitrogens with one attached hydrogen (secondary N) is 1. The SMILES string of the molecule is COCCCC(=O)NCC(C)N. The number of carbonyl (C=O) groups excluding carboxylic acids is 1. The minimum Gasteiger partial charge on any atom is -0.385 e. The van der Waals surface area contributed by atoms with Crippen LogP contribution in [0.1, 0.15) is 19.8 Å². The number of hydrogen-bond acceptors (Lipinski definition) is 3. The third kappa shape index (κ3) is 7.50. The van der Waals surface area contributed by atoms with E-state index in [-0.39, 0.29) is 11.9 Å². The van der Waals surface area contributed by atoms with Gasteiger partial charge in [-0.15, -0.1) is 0 Å². The van der Waals surface area contributed by atoms with Crippen molar-refractivity contribution in [1.82, 2.24) is 5.32 Å². The smallest absolute Gasteiger partial charge is 0.220 e. The first kappa shape index (κ1) is 11.4. The van der Waals surface area contributed by atoms with Gasteiger partial charge in [-0.1, -0.05) is 0 Å². The molecule has 0 aromatic rings. The van der Waals surface area contributed by atoms with Gasteiger partial charge in [0.25, 0.3) is 0 Å². The van der Waals surface area contributed by atoms with Crippen LogP contribution in [0.2, 0.25) is 0 Å². The monoisotopic (exact) mass is 174 g/mol. The highest BCUT2D eigenvalue weighted by Crippen LogP contribution is 1.88. The third-order valence-electron chi connectivity index (χ3n) is 1.37. The molecule has 1 atom stereocenters. The Labute approximate surface area is 73.5 Å². The molecule has 4 heteroatoms. The van der Waals surface area contributed by atoms with Crippen LogP contribution in [-0.4, -0.2) is 32.2 Å². The molecule has 1 unspecified atom stereocenters. The largest absolute Gasteiger partial charge is 0.385 e. The first-order valence-corrected chi connectivity index (χ1v) is 4.18. The van der Waals surface area contributed by atoms with E-state index in [4.69, 9.17) is 10.5 Å². The van der Waals surface area contributed by atoms with Crippen LogP contribution in [0.4, 0.5) is 0 Å². The van der Waals surface area contributed by atoms with E-state index < -0.39 is 0 Å². The topological polar surface area (TPSA) is 64.3 Å². The van der Waals surface area contributed by atoms with Crippen molar-refractivity contribution in [1.29, 1.82) is 0 Å². The molecule has 0 saturated carbocycles. The molecular weight excluding hydrogens is 156 g/mol. The summed E-state index contributed by atoms with van der Waals surface area (Å²) in [6.45, 7) is 3.03. The molecule has 0 aliphatic heterocycles. The Balaban J connectivity index is 3.22. The zero-order valence-corrected chi connectivity index (χ0v) is 7.80. The Hall–Kier alpha value is -0.610. The van der Waals surface area contributed by atoms with E-state index >= 15 is 0 Å². The normalized spacial score (nSPS) is 12.6. The maximum absolute atomic E-state index is 11.0. The van der Waals surface area contributed by atoms with Gasteiger partial charge >= 0.3 is 0 Å². The highest BCUT2D eigenvalue weighted by molar-refractivity contribution is 5.75. The lowest BCUT2D eigenvalue weighted by Crippen LogP contribution is -2.35. The molecule has 0 heterocycles. The Kier molecular flexibility index (Phi) is 6.70. The third-order valence-corrected chi connectivity index (χ3v) is 1.37. The van der Waals surface area contributed by atoms with Crippen LogP contribution in [0.15, 0.2) is 0 Å². The lowest BCUT2D eigenvalue weighted by Gasteiger charge is -2.06. The van der Waals surface area contributed by atoms with Crippen LogP contribution in [0.5, 0.6) is 0 Å². The van der Waals surface area contributed by atoms with Crippen molar-refractivity contribution in [2.75, 3.05) is 20.3 Å². The van der Waals surface area contributed by atoms with Gasteiger partial charge in [0.2, 0.25) is 5.91 Å². The lowest BCUT2D eigenvalue weighted by molar-refractivity contribution is -0.121. The highest BCUT2D eigenvalue weighted by atomic mass is 16.5. The Morgan fingerprint density at radius 1 is 1.67 bits per heavy atom. The van der Waals surface area contributed by atoms with Crippen LogP contribution in [-0.2, 0) is 9.53 Å². The molecule has 1 amide bonds. The first-order chi connectivity index (χ1) is 5.66. The van der Waals surface area contributed by atoms with Crippen molar-refractivity contribution >= 4 is 5.91 Å². The summed E-state index contributed by atoms with van der Waals surface area (Å²) in [5, 5.41) is 2.72. The van der Waals surface area contributed by atoms with Gasteiger partial charge in [-0.05, 0) is 13.3 Å². The maximum Gasteiger partial charge on any atom is 0.220 e. The van der Waals surface area contributed by atoms with Crippen LogP contribution in [0.25, 0.3) is 0 Å². The van der Waals surface area contributed by atoms with Crippen molar-refractivity contribution in [2.24, 2.45) is 5.73 Å². The van der Waals surface area contributed by atoms with E-state index in [1.54, 1.807) is 7.11 Å². The standard InChI is InChI=1S/C8H18N2O2/c1-7(9)6-10-8(11)4-3-5-12-2/h7H,3-6,9H2,1-2H3,(H,10,11). The summed E-state index contributed by atoms with van der Waals surface area (Å²) >= 11 is 0. The minimum absolute atomic E-state index is 0.0244. The van der Waals surface area contributed by atoms with Crippen LogP contribution >= 0.6 is 0 Å². The number of amides is 1. The molecule has 0 bridgehead atoms. The second-order valence-electron chi connectivity index (χ2n) is 2.88. The molecule has 0 aromatic heterocycles. The molecule has 72 valence electrons. The maximum atomic E-state index is 11.0. The number of ether oxygens (including phenoxy) is 1. The zero-order chi connectivity index (χ0) is 9.40. The van der Waals surface area contributed by atoms with E-state index in [1.807, 2.05) is 6.92 Å². The van der Waals surface area contributed by atoms with E-state index in [0.29, 0.717) is 19.6 Å². The van der Waals surface area contributed by atoms with Gasteiger partial charge in [0.15, 0.2) is 0 Å². The molecule has 0 rings (SSSR count). The van der Waals surface area contributed by atoms with E-state index in [1.165, 1.54) is 0 Å². The average Bonchev–Trinajstić information content (AvgIpc) is 2.01. The summed E-state index contributed by atoms with van der Waals surface area (Å²) in [5.74, 6) is 0.0457. The van der Waals surface area contributed by atoms with Gasteiger partial charge in [0.05, 0.1) is 0 Å². The quantitative estimate of drug-likeness (QED) is 0.552. The van der Waals surface area contributed by atoms with Crippen molar-refractivity contribution < 1.29 is 9.53 Å². The number of hydrogen-bond donors (Lipinski definition) is 2. The van der Waals surface area contributed by atoms with Crippen molar-refractivity contribution in [3.63, 3.8) is 0 Å². The van der Waals surface area contributed by atoms with Gasteiger partial charge in [-0.25, -0.2) is 0 Å². The summed E-state index contributed by atoms with van der Waals surface area (Å²) in [6, 6.07) is 0.0244. The van der Waals surface area contributed by atoms with E-state index in [0.717, 1.165) is 6.42 Å². The molecule has 0 aliphatic carbocycles. The van der Waals surface area contributed by atoms with Crippen LogP contribution < -0.4 is 11.1 Å². The summed E-state index contributed by atoms with van der Waals surface area (Å²) < 4.78 is 4.81. The van der Waals surface area contributed by atoms with Gasteiger partial charge in [0.1, 0.15) is 0 Å². The van der Waals surface area contributed by atoms with Crippen molar-refractivity contribution in [3.05, 3.63) is 0 Å². The molecule has 0 radical (unpaired) electrons. The highest BCUT2D eigenvalue weighted by Gasteiger charge is 2.00. The van der Waals surface area contributed by atoms with Crippen LogP contribution in [0.3, 0.4) is 0 Å². The Bertz CT molecular complexity index is 126. The Morgan fingerprint density at radius 3 is 2.83 bits per heavy atom. The van der Waals surface area contributed by atoms with Crippen molar-refractivity contribution in [3.8, 4) is 0 Å². The predicted octanol–water partition coefficient (Wildman–Crippen LogP) is -0.124. The molecule has 0 aromatic carbocycles. The van der Waals surface area contributed by atoms with Crippen molar-refractivity contribution in [2.45, 2.75) is 25.8 Å². The molecule has 4 nitrogen and oxygen atoms in total. The molecule has 0 spiro atoms. The molecule has 12 heavy (non-hydrogen) atoms. The van der Waals surface area contributed by atoms with Gasteiger partial charge in [0, 0.05) is 32.7 Å². The summed E-state index contributed by atoms with van der Waals surface area (Å²) in [7, 11) is 1.62. The van der Waals surface area contributed by atoms with E-state index in [9.17, 15) is 4.79 Å². The average molecular weight is 174 g/mol. The Morgan fingerprint density at radius 2 is 2.33 bits per heavy atom. The van der Waals surface area contributed by atoms with Gasteiger partial charge in [-0.2, -0.15) is 0 Å². The number of methoxy groups -OCH3 is 1. The van der Waals surface area contributed by atoms with Gasteiger partial charge in [-0.3, -0.25) is 4.79 Å². The zero-order valence-electron chi connectivity index (χ0n) is 7.80. The number of carbonyl (C=O) groups is 1. The summed E-state index contributed by atoms with van der Waals surface area (Å²) in [4.78, 5) is 11.0. The number of rotatable bonds is 6. The first-order valence-electron chi connectivity index (χ1n) is 4.18. The second-order valence-corrected chi connectivity index (χ2v) is 2.88.